The first-order chi connectivity index (χ1) is 10.5. The van der Waals surface area contributed by atoms with Crippen molar-refractivity contribution in [3.05, 3.63) is 0 Å². The molecule has 0 aromatic rings. The lowest BCUT2D eigenvalue weighted by Gasteiger charge is -2.19. The minimum atomic E-state index is -0.242. The fourth-order valence-electron chi connectivity index (χ4n) is 1.61. The van der Waals surface area contributed by atoms with Gasteiger partial charge in [0.25, 0.3) is 0 Å². The average Bonchev–Trinajstić information content (AvgIpc) is 2.53. The molecule has 0 atom stereocenters. The standard InChI is InChI=1S/C15H27NO6/c1-4-13(17)20-10-7-16(8-11-21-14(18)5-2)9-12-22-15(19)6-3/h4-12H2,1-3H3/p+1. The Hall–Kier alpha value is -1.63. The van der Waals surface area contributed by atoms with E-state index in [2.05, 4.69) is 0 Å². The molecule has 0 saturated heterocycles. The summed E-state index contributed by atoms with van der Waals surface area (Å²) >= 11 is 0. The summed E-state index contributed by atoms with van der Waals surface area (Å²) in [4.78, 5) is 34.4. The van der Waals surface area contributed by atoms with Crippen LogP contribution < -0.4 is 4.90 Å². The van der Waals surface area contributed by atoms with Gasteiger partial charge in [-0.1, -0.05) is 20.8 Å². The van der Waals surface area contributed by atoms with Crippen LogP contribution in [0, 0.1) is 0 Å². The lowest BCUT2D eigenvalue weighted by Crippen LogP contribution is -3.13. The highest BCUT2D eigenvalue weighted by molar-refractivity contribution is 5.69. The molecule has 1 N–H and O–H groups in total. The molecule has 0 radical (unpaired) electrons. The molecule has 0 spiro atoms. The summed E-state index contributed by atoms with van der Waals surface area (Å²) in [5.74, 6) is -0.725. The van der Waals surface area contributed by atoms with Crippen molar-refractivity contribution in [2.24, 2.45) is 0 Å². The van der Waals surface area contributed by atoms with Crippen LogP contribution in [-0.4, -0.2) is 57.4 Å². The minimum Gasteiger partial charge on any atom is -0.460 e. The van der Waals surface area contributed by atoms with Gasteiger partial charge >= 0.3 is 17.9 Å². The van der Waals surface area contributed by atoms with Crippen molar-refractivity contribution in [2.45, 2.75) is 40.0 Å². The third-order valence-corrected chi connectivity index (χ3v) is 3.02. The summed E-state index contributed by atoms with van der Waals surface area (Å²) in [5.41, 5.74) is 0. The van der Waals surface area contributed by atoms with Crippen LogP contribution in [0.2, 0.25) is 0 Å². The van der Waals surface area contributed by atoms with Gasteiger partial charge in [-0.25, -0.2) is 0 Å². The monoisotopic (exact) mass is 318 g/mol. The lowest BCUT2D eigenvalue weighted by molar-refractivity contribution is -0.900. The molecular formula is C15H28NO6+. The van der Waals surface area contributed by atoms with Gasteiger partial charge in [0.15, 0.2) is 0 Å². The van der Waals surface area contributed by atoms with Gasteiger partial charge in [0, 0.05) is 19.3 Å². The number of ether oxygens (including phenoxy) is 3. The molecule has 0 unspecified atom stereocenters. The van der Waals surface area contributed by atoms with Crippen LogP contribution in [0.4, 0.5) is 0 Å². The average molecular weight is 318 g/mol. The molecule has 7 heteroatoms. The van der Waals surface area contributed by atoms with E-state index in [9.17, 15) is 14.4 Å². The summed E-state index contributed by atoms with van der Waals surface area (Å²) in [6.07, 6.45) is 1.03. The number of nitrogens with one attached hydrogen (secondary N) is 1. The van der Waals surface area contributed by atoms with Crippen molar-refractivity contribution in [1.82, 2.24) is 0 Å². The van der Waals surface area contributed by atoms with Crippen LogP contribution in [0.25, 0.3) is 0 Å². The molecule has 0 heterocycles. The van der Waals surface area contributed by atoms with Gasteiger partial charge < -0.3 is 19.1 Å². The molecular weight excluding hydrogens is 290 g/mol. The zero-order valence-electron chi connectivity index (χ0n) is 13.8. The molecule has 0 aliphatic heterocycles. The van der Waals surface area contributed by atoms with Crippen LogP contribution in [0.15, 0.2) is 0 Å². The number of hydrogen-bond donors (Lipinski definition) is 1. The summed E-state index contributed by atoms with van der Waals surface area (Å²) < 4.78 is 15.1. The van der Waals surface area contributed by atoms with Crippen molar-refractivity contribution >= 4 is 17.9 Å². The Morgan fingerprint density at radius 1 is 0.636 bits per heavy atom. The summed E-state index contributed by atoms with van der Waals surface area (Å²) in [5, 5.41) is 0. The Balaban J connectivity index is 4.09. The maximum Gasteiger partial charge on any atom is 0.305 e. The van der Waals surface area contributed by atoms with Gasteiger partial charge in [-0.2, -0.15) is 0 Å². The minimum absolute atomic E-state index is 0.242. The van der Waals surface area contributed by atoms with Gasteiger partial charge in [0.1, 0.15) is 39.5 Å². The number of rotatable bonds is 12. The highest BCUT2D eigenvalue weighted by Gasteiger charge is 2.12. The van der Waals surface area contributed by atoms with Crippen molar-refractivity contribution in [3.8, 4) is 0 Å². The molecule has 0 amide bonds. The second-order valence-electron chi connectivity index (χ2n) is 4.72. The van der Waals surface area contributed by atoms with Crippen molar-refractivity contribution in [3.63, 3.8) is 0 Å². The van der Waals surface area contributed by atoms with Gasteiger partial charge in [-0.15, -0.1) is 0 Å². The van der Waals surface area contributed by atoms with Crippen molar-refractivity contribution in [2.75, 3.05) is 39.5 Å². The van der Waals surface area contributed by atoms with Gasteiger partial charge in [-0.3, -0.25) is 14.4 Å². The van der Waals surface area contributed by atoms with E-state index in [0.717, 1.165) is 4.90 Å². The molecule has 0 aliphatic rings. The first kappa shape index (κ1) is 20.4. The van der Waals surface area contributed by atoms with E-state index in [1.54, 1.807) is 20.8 Å². The predicted octanol–water partition coefficient (Wildman–Crippen LogP) is -0.269. The van der Waals surface area contributed by atoms with E-state index in [-0.39, 0.29) is 17.9 Å². The highest BCUT2D eigenvalue weighted by atomic mass is 16.5. The molecule has 0 aliphatic carbocycles. The second-order valence-corrected chi connectivity index (χ2v) is 4.72. The van der Waals surface area contributed by atoms with Crippen molar-refractivity contribution in [1.29, 1.82) is 0 Å². The van der Waals surface area contributed by atoms with Crippen molar-refractivity contribution < 1.29 is 33.5 Å². The topological polar surface area (TPSA) is 83.3 Å². The number of carbonyl (C=O) groups is 3. The van der Waals surface area contributed by atoms with E-state index < -0.39 is 0 Å². The largest absolute Gasteiger partial charge is 0.460 e. The molecule has 0 bridgehead atoms. The Kier molecular flexibility index (Phi) is 12.1. The Morgan fingerprint density at radius 2 is 0.909 bits per heavy atom. The highest BCUT2D eigenvalue weighted by Crippen LogP contribution is 1.84. The molecule has 0 aromatic heterocycles. The molecule has 22 heavy (non-hydrogen) atoms. The molecule has 0 saturated carbocycles. The van der Waals surface area contributed by atoms with Gasteiger partial charge in [0.05, 0.1) is 0 Å². The Bertz CT molecular complexity index is 293. The smallest absolute Gasteiger partial charge is 0.305 e. The normalized spacial score (nSPS) is 10.4. The predicted molar refractivity (Wildman–Crippen MR) is 79.3 cm³/mol. The number of esters is 3. The van der Waals surface area contributed by atoms with E-state index >= 15 is 0 Å². The van der Waals surface area contributed by atoms with E-state index in [1.807, 2.05) is 0 Å². The lowest BCUT2D eigenvalue weighted by atomic mass is 10.4. The maximum atomic E-state index is 11.1. The van der Waals surface area contributed by atoms with Crippen LogP contribution >= 0.6 is 0 Å². The number of quaternary nitrogens is 1. The second kappa shape index (κ2) is 13.1. The number of hydrogen-bond acceptors (Lipinski definition) is 6. The molecule has 128 valence electrons. The molecule has 0 aromatic carbocycles. The van der Waals surface area contributed by atoms with Crippen LogP contribution in [0.1, 0.15) is 40.0 Å². The van der Waals surface area contributed by atoms with Gasteiger partial charge in [-0.05, 0) is 0 Å². The van der Waals surface area contributed by atoms with Crippen LogP contribution in [0.5, 0.6) is 0 Å². The van der Waals surface area contributed by atoms with Crippen LogP contribution in [-0.2, 0) is 28.6 Å². The zero-order valence-corrected chi connectivity index (χ0v) is 13.8. The molecule has 0 rings (SSSR count). The van der Waals surface area contributed by atoms with Gasteiger partial charge in [0.2, 0.25) is 0 Å². The Morgan fingerprint density at radius 3 is 1.14 bits per heavy atom. The third-order valence-electron chi connectivity index (χ3n) is 3.02. The SMILES string of the molecule is CCC(=O)OCC[NH+](CCOC(=O)CC)CCOC(=O)CC. The zero-order chi connectivity index (χ0) is 16.8. The number of carbonyl (C=O) groups excluding carboxylic acids is 3. The van der Waals surface area contributed by atoms with Crippen LogP contribution in [0.3, 0.4) is 0 Å². The van der Waals surface area contributed by atoms with E-state index in [0.29, 0.717) is 58.7 Å². The summed E-state index contributed by atoms with van der Waals surface area (Å²) in [7, 11) is 0. The quantitative estimate of drug-likeness (QED) is 0.394. The molecule has 0 fully saturated rings. The fourth-order valence-corrected chi connectivity index (χ4v) is 1.61. The summed E-state index contributed by atoms with van der Waals surface area (Å²) in [6.45, 7) is 7.85. The van der Waals surface area contributed by atoms with E-state index in [4.69, 9.17) is 14.2 Å². The maximum absolute atomic E-state index is 11.1. The Labute approximate surface area is 131 Å². The van der Waals surface area contributed by atoms with E-state index in [1.165, 1.54) is 0 Å². The fraction of sp³-hybridized carbons (Fsp3) is 0.800. The summed E-state index contributed by atoms with van der Waals surface area (Å²) in [6, 6.07) is 0. The molecule has 7 nitrogen and oxygen atoms in total. The first-order valence-electron chi connectivity index (χ1n) is 7.83. The first-order valence-corrected chi connectivity index (χ1v) is 7.83. The third kappa shape index (κ3) is 11.1.